The van der Waals surface area contributed by atoms with Gasteiger partial charge < -0.3 is 10.8 Å². The molecule has 17 heavy (non-hydrogen) atoms. The van der Waals surface area contributed by atoms with Gasteiger partial charge in [-0.25, -0.2) is 0 Å². The number of hydrogen-bond acceptors (Lipinski definition) is 2. The van der Waals surface area contributed by atoms with E-state index in [1.165, 1.54) is 18.4 Å². The fraction of sp³-hybridized carbons (Fsp3) is 0.500. The van der Waals surface area contributed by atoms with E-state index in [9.17, 15) is 4.79 Å². The molecule has 3 nitrogen and oxygen atoms in total. The lowest BCUT2D eigenvalue weighted by Gasteiger charge is -2.03. The summed E-state index contributed by atoms with van der Waals surface area (Å²) in [6.45, 7) is 0.772. The summed E-state index contributed by atoms with van der Waals surface area (Å²) in [4.78, 5) is 10.4. The standard InChI is InChI=1S/C14H21NO2/c15-11-3-1-2-4-12-5-7-13(8-6-12)9-10-14(16)17/h5-8H,1-4,9-11,15H2,(H,16,17). The van der Waals surface area contributed by atoms with Gasteiger partial charge >= 0.3 is 5.97 Å². The van der Waals surface area contributed by atoms with Crippen molar-refractivity contribution in [2.45, 2.75) is 38.5 Å². The highest BCUT2D eigenvalue weighted by atomic mass is 16.4. The van der Waals surface area contributed by atoms with Gasteiger partial charge in [0.2, 0.25) is 0 Å². The lowest BCUT2D eigenvalue weighted by molar-refractivity contribution is -0.136. The largest absolute Gasteiger partial charge is 0.481 e. The van der Waals surface area contributed by atoms with Crippen LogP contribution in [0.15, 0.2) is 24.3 Å². The second-order valence-electron chi connectivity index (χ2n) is 4.31. The third-order valence-corrected chi connectivity index (χ3v) is 2.82. The van der Waals surface area contributed by atoms with Crippen LogP contribution in [-0.4, -0.2) is 17.6 Å². The predicted octanol–water partition coefficient (Wildman–Crippen LogP) is 2.38. The summed E-state index contributed by atoms with van der Waals surface area (Å²) in [5.41, 5.74) is 7.85. The van der Waals surface area contributed by atoms with Crippen molar-refractivity contribution in [3.05, 3.63) is 35.4 Å². The van der Waals surface area contributed by atoms with Gasteiger partial charge in [-0.2, -0.15) is 0 Å². The zero-order valence-corrected chi connectivity index (χ0v) is 10.2. The van der Waals surface area contributed by atoms with Crippen molar-refractivity contribution >= 4 is 5.97 Å². The fourth-order valence-corrected chi connectivity index (χ4v) is 1.77. The van der Waals surface area contributed by atoms with E-state index in [2.05, 4.69) is 12.1 Å². The molecule has 0 radical (unpaired) electrons. The van der Waals surface area contributed by atoms with Crippen LogP contribution in [0.1, 0.15) is 36.8 Å². The van der Waals surface area contributed by atoms with Crippen LogP contribution in [0.5, 0.6) is 0 Å². The highest BCUT2D eigenvalue weighted by Gasteiger charge is 1.99. The molecule has 0 aliphatic carbocycles. The Labute approximate surface area is 103 Å². The summed E-state index contributed by atoms with van der Waals surface area (Å²) >= 11 is 0. The van der Waals surface area contributed by atoms with E-state index in [1.54, 1.807) is 0 Å². The van der Waals surface area contributed by atoms with Crippen molar-refractivity contribution < 1.29 is 9.90 Å². The van der Waals surface area contributed by atoms with Crippen molar-refractivity contribution in [1.29, 1.82) is 0 Å². The third kappa shape index (κ3) is 6.07. The van der Waals surface area contributed by atoms with Crippen molar-refractivity contribution in [1.82, 2.24) is 0 Å². The average Bonchev–Trinajstić information content (AvgIpc) is 2.33. The number of aryl methyl sites for hydroxylation is 2. The van der Waals surface area contributed by atoms with E-state index in [-0.39, 0.29) is 6.42 Å². The van der Waals surface area contributed by atoms with Gasteiger partial charge in [-0.05, 0) is 43.4 Å². The molecule has 0 amide bonds. The number of nitrogens with two attached hydrogens (primary N) is 1. The van der Waals surface area contributed by atoms with Crippen LogP contribution in [0, 0.1) is 0 Å². The van der Waals surface area contributed by atoms with Gasteiger partial charge in [0.15, 0.2) is 0 Å². The molecule has 1 aromatic carbocycles. The smallest absolute Gasteiger partial charge is 0.303 e. The molecule has 0 unspecified atom stereocenters. The molecule has 0 fully saturated rings. The highest BCUT2D eigenvalue weighted by Crippen LogP contribution is 2.10. The molecule has 0 aromatic heterocycles. The van der Waals surface area contributed by atoms with Crippen LogP contribution >= 0.6 is 0 Å². The molecule has 0 atom stereocenters. The minimum absolute atomic E-state index is 0.204. The summed E-state index contributed by atoms with van der Waals surface area (Å²) < 4.78 is 0. The molecule has 0 aliphatic heterocycles. The maximum absolute atomic E-state index is 10.4. The van der Waals surface area contributed by atoms with Crippen LogP contribution in [0.4, 0.5) is 0 Å². The average molecular weight is 235 g/mol. The summed E-state index contributed by atoms with van der Waals surface area (Å²) in [6, 6.07) is 8.25. The third-order valence-electron chi connectivity index (χ3n) is 2.82. The van der Waals surface area contributed by atoms with Crippen LogP contribution in [0.2, 0.25) is 0 Å². The SMILES string of the molecule is NCCCCCc1ccc(CCC(=O)O)cc1. The molecule has 0 heterocycles. The molecule has 94 valence electrons. The lowest BCUT2D eigenvalue weighted by atomic mass is 10.0. The van der Waals surface area contributed by atoms with Gasteiger partial charge in [-0.15, -0.1) is 0 Å². The summed E-state index contributed by atoms with van der Waals surface area (Å²) in [6.07, 6.45) is 5.34. The monoisotopic (exact) mass is 235 g/mol. The number of rotatable bonds is 8. The zero-order chi connectivity index (χ0) is 12.5. The van der Waals surface area contributed by atoms with Gasteiger partial charge in [0.25, 0.3) is 0 Å². The Bertz CT molecular complexity index is 333. The number of aliphatic carboxylic acids is 1. The quantitative estimate of drug-likeness (QED) is 0.680. The first-order valence-corrected chi connectivity index (χ1v) is 6.22. The van der Waals surface area contributed by atoms with E-state index in [1.807, 2.05) is 12.1 Å². The van der Waals surface area contributed by atoms with E-state index in [0.29, 0.717) is 6.42 Å². The van der Waals surface area contributed by atoms with Crippen molar-refractivity contribution in [2.24, 2.45) is 5.73 Å². The molecule has 1 rings (SSSR count). The Morgan fingerprint density at radius 3 is 2.12 bits per heavy atom. The first-order valence-electron chi connectivity index (χ1n) is 6.22. The number of carboxylic acid groups (broad SMARTS) is 1. The molecule has 3 N–H and O–H groups in total. The number of benzene rings is 1. The van der Waals surface area contributed by atoms with Crippen molar-refractivity contribution in [2.75, 3.05) is 6.54 Å². The van der Waals surface area contributed by atoms with Crippen LogP contribution in [0.25, 0.3) is 0 Å². The predicted molar refractivity (Wildman–Crippen MR) is 69.0 cm³/mol. The highest BCUT2D eigenvalue weighted by molar-refractivity contribution is 5.67. The maximum atomic E-state index is 10.4. The van der Waals surface area contributed by atoms with Crippen molar-refractivity contribution in [3.8, 4) is 0 Å². The normalized spacial score (nSPS) is 10.4. The van der Waals surface area contributed by atoms with E-state index in [0.717, 1.165) is 24.9 Å². The zero-order valence-electron chi connectivity index (χ0n) is 10.2. The van der Waals surface area contributed by atoms with E-state index >= 15 is 0 Å². The molecule has 3 heteroatoms. The summed E-state index contributed by atoms with van der Waals surface area (Å²) in [5.74, 6) is -0.740. The van der Waals surface area contributed by atoms with E-state index < -0.39 is 5.97 Å². The molecular formula is C14H21NO2. The Morgan fingerprint density at radius 2 is 1.59 bits per heavy atom. The van der Waals surface area contributed by atoms with Gasteiger partial charge in [0.05, 0.1) is 0 Å². The summed E-state index contributed by atoms with van der Waals surface area (Å²) in [7, 11) is 0. The minimum Gasteiger partial charge on any atom is -0.481 e. The van der Waals surface area contributed by atoms with Gasteiger partial charge in [0, 0.05) is 6.42 Å². The van der Waals surface area contributed by atoms with Crippen LogP contribution in [-0.2, 0) is 17.6 Å². The lowest BCUT2D eigenvalue weighted by Crippen LogP contribution is -1.99. The Hall–Kier alpha value is -1.35. The minimum atomic E-state index is -0.740. The molecule has 0 saturated carbocycles. The molecule has 0 saturated heterocycles. The Balaban J connectivity index is 2.31. The van der Waals surface area contributed by atoms with Gasteiger partial charge in [0.1, 0.15) is 0 Å². The number of hydrogen-bond donors (Lipinski definition) is 2. The molecule has 1 aromatic rings. The van der Waals surface area contributed by atoms with E-state index in [4.69, 9.17) is 10.8 Å². The van der Waals surface area contributed by atoms with Crippen LogP contribution in [0.3, 0.4) is 0 Å². The Morgan fingerprint density at radius 1 is 1.00 bits per heavy atom. The molecule has 0 aliphatic rings. The fourth-order valence-electron chi connectivity index (χ4n) is 1.77. The second kappa shape index (κ2) is 7.85. The molecular weight excluding hydrogens is 214 g/mol. The number of unbranched alkanes of at least 4 members (excludes halogenated alkanes) is 2. The second-order valence-corrected chi connectivity index (χ2v) is 4.31. The van der Waals surface area contributed by atoms with Gasteiger partial charge in [-0.1, -0.05) is 30.7 Å². The first kappa shape index (κ1) is 13.7. The molecule has 0 spiro atoms. The molecule has 0 bridgehead atoms. The number of carboxylic acids is 1. The van der Waals surface area contributed by atoms with Crippen LogP contribution < -0.4 is 5.73 Å². The topological polar surface area (TPSA) is 63.3 Å². The Kier molecular flexibility index (Phi) is 6.33. The summed E-state index contributed by atoms with van der Waals surface area (Å²) in [5, 5.41) is 8.59. The van der Waals surface area contributed by atoms with Crippen molar-refractivity contribution in [3.63, 3.8) is 0 Å². The van der Waals surface area contributed by atoms with Gasteiger partial charge in [-0.3, -0.25) is 4.79 Å². The number of carbonyl (C=O) groups is 1. The maximum Gasteiger partial charge on any atom is 0.303 e. The first-order chi connectivity index (χ1) is 8.22.